The molecule has 4 heteroatoms. The predicted octanol–water partition coefficient (Wildman–Crippen LogP) is 2.85. The van der Waals surface area contributed by atoms with Gasteiger partial charge in [0, 0.05) is 12.2 Å². The number of nitrogens with two attached hydrogens (primary N) is 1. The van der Waals surface area contributed by atoms with Crippen molar-refractivity contribution in [1.29, 1.82) is 0 Å². The smallest absolute Gasteiger partial charge is 0.149 e. The van der Waals surface area contributed by atoms with Crippen LogP contribution in [0.2, 0.25) is 0 Å². The van der Waals surface area contributed by atoms with Gasteiger partial charge >= 0.3 is 0 Å². The van der Waals surface area contributed by atoms with Gasteiger partial charge in [-0.15, -0.1) is 0 Å². The van der Waals surface area contributed by atoms with E-state index in [2.05, 4.69) is 10.3 Å². The third-order valence-corrected chi connectivity index (χ3v) is 2.68. The van der Waals surface area contributed by atoms with Crippen molar-refractivity contribution in [2.45, 2.75) is 19.4 Å². The minimum Gasteiger partial charge on any atom is -0.396 e. The minimum atomic E-state index is -0.215. The first kappa shape index (κ1) is 12.4. The van der Waals surface area contributed by atoms with Crippen LogP contribution in [0.1, 0.15) is 12.5 Å². The molecule has 1 unspecified atom stereocenters. The van der Waals surface area contributed by atoms with E-state index in [0.717, 1.165) is 12.0 Å². The molecule has 18 heavy (non-hydrogen) atoms. The van der Waals surface area contributed by atoms with Crippen LogP contribution in [0.4, 0.5) is 15.9 Å². The highest BCUT2D eigenvalue weighted by atomic mass is 19.1. The molecule has 0 fully saturated rings. The molecule has 1 aromatic heterocycles. The number of pyridine rings is 1. The van der Waals surface area contributed by atoms with Crippen LogP contribution in [-0.4, -0.2) is 11.0 Å². The number of rotatable bonds is 4. The van der Waals surface area contributed by atoms with Crippen molar-refractivity contribution in [1.82, 2.24) is 4.98 Å². The Morgan fingerprint density at radius 2 is 2.00 bits per heavy atom. The number of nitrogens with zero attached hydrogens (tertiary/aromatic N) is 1. The summed E-state index contributed by atoms with van der Waals surface area (Å²) < 4.78 is 12.8. The Kier molecular flexibility index (Phi) is 3.77. The Morgan fingerprint density at radius 1 is 1.28 bits per heavy atom. The molecule has 1 heterocycles. The van der Waals surface area contributed by atoms with Gasteiger partial charge in [-0.1, -0.05) is 12.1 Å². The fraction of sp³-hybridized carbons (Fsp3) is 0.214. The highest BCUT2D eigenvalue weighted by Crippen LogP contribution is 2.15. The number of hydrogen-bond donors (Lipinski definition) is 2. The molecule has 0 aliphatic heterocycles. The van der Waals surface area contributed by atoms with E-state index in [4.69, 9.17) is 5.73 Å². The number of nitrogens with one attached hydrogen (secondary N) is 1. The number of halogens is 1. The van der Waals surface area contributed by atoms with E-state index in [1.54, 1.807) is 30.5 Å². The first-order chi connectivity index (χ1) is 8.65. The summed E-state index contributed by atoms with van der Waals surface area (Å²) in [6, 6.07) is 10.3. The molecule has 0 saturated heterocycles. The van der Waals surface area contributed by atoms with E-state index >= 15 is 0 Å². The van der Waals surface area contributed by atoms with Crippen molar-refractivity contribution in [3.05, 3.63) is 54.0 Å². The summed E-state index contributed by atoms with van der Waals surface area (Å²) in [5, 5.41) is 3.24. The summed E-state index contributed by atoms with van der Waals surface area (Å²) in [6.07, 6.45) is 2.49. The van der Waals surface area contributed by atoms with Gasteiger partial charge in [0.05, 0.1) is 5.69 Å². The van der Waals surface area contributed by atoms with Crippen molar-refractivity contribution in [2.75, 3.05) is 11.1 Å². The zero-order valence-corrected chi connectivity index (χ0v) is 10.2. The molecule has 1 aromatic carbocycles. The quantitative estimate of drug-likeness (QED) is 0.870. The Labute approximate surface area is 106 Å². The van der Waals surface area contributed by atoms with Gasteiger partial charge in [-0.3, -0.25) is 0 Å². The molecule has 94 valence electrons. The summed E-state index contributed by atoms with van der Waals surface area (Å²) in [7, 11) is 0. The van der Waals surface area contributed by atoms with Crippen LogP contribution in [0, 0.1) is 5.82 Å². The van der Waals surface area contributed by atoms with Gasteiger partial charge in [-0.05, 0) is 43.2 Å². The van der Waals surface area contributed by atoms with E-state index in [1.807, 2.05) is 6.92 Å². The molecule has 2 aromatic rings. The number of nitrogen functional groups attached to an aromatic ring is 1. The first-order valence-corrected chi connectivity index (χ1v) is 5.86. The van der Waals surface area contributed by atoms with Crippen molar-refractivity contribution >= 4 is 11.5 Å². The summed E-state index contributed by atoms with van der Waals surface area (Å²) in [4.78, 5) is 4.18. The molecule has 3 N–H and O–H groups in total. The second-order valence-corrected chi connectivity index (χ2v) is 4.32. The van der Waals surface area contributed by atoms with E-state index in [-0.39, 0.29) is 11.9 Å². The molecule has 0 radical (unpaired) electrons. The summed E-state index contributed by atoms with van der Waals surface area (Å²) in [6.45, 7) is 2.04. The Bertz CT molecular complexity index is 511. The standard InChI is InChI=1S/C14H16FN3/c1-10(9-11-4-6-12(15)7-5-11)18-14-13(16)3-2-8-17-14/h2-8,10H,9,16H2,1H3,(H,17,18). The monoisotopic (exact) mass is 245 g/mol. The van der Waals surface area contributed by atoms with Crippen LogP contribution in [-0.2, 0) is 6.42 Å². The van der Waals surface area contributed by atoms with E-state index in [1.165, 1.54) is 12.1 Å². The maximum atomic E-state index is 12.8. The number of aromatic nitrogens is 1. The SMILES string of the molecule is CC(Cc1ccc(F)cc1)Nc1ncccc1N. The molecule has 3 nitrogen and oxygen atoms in total. The Morgan fingerprint density at radius 3 is 2.67 bits per heavy atom. The molecular weight excluding hydrogens is 229 g/mol. The topological polar surface area (TPSA) is 50.9 Å². The lowest BCUT2D eigenvalue weighted by Gasteiger charge is -2.15. The van der Waals surface area contributed by atoms with Gasteiger partial charge in [-0.25, -0.2) is 9.37 Å². The molecular formula is C14H16FN3. The molecule has 0 aliphatic rings. The van der Waals surface area contributed by atoms with Crippen LogP contribution >= 0.6 is 0 Å². The lowest BCUT2D eigenvalue weighted by molar-refractivity contribution is 0.626. The van der Waals surface area contributed by atoms with Crippen molar-refractivity contribution < 1.29 is 4.39 Å². The predicted molar refractivity (Wildman–Crippen MR) is 71.8 cm³/mol. The fourth-order valence-corrected chi connectivity index (χ4v) is 1.80. The lowest BCUT2D eigenvalue weighted by Crippen LogP contribution is -2.19. The molecule has 1 atom stereocenters. The largest absolute Gasteiger partial charge is 0.396 e. The summed E-state index contributed by atoms with van der Waals surface area (Å²) in [5.74, 6) is 0.473. The highest BCUT2D eigenvalue weighted by molar-refractivity contribution is 5.60. The van der Waals surface area contributed by atoms with Gasteiger partial charge in [0.25, 0.3) is 0 Å². The molecule has 0 saturated carbocycles. The number of anilines is 2. The van der Waals surface area contributed by atoms with Crippen molar-refractivity contribution in [2.24, 2.45) is 0 Å². The van der Waals surface area contributed by atoms with E-state index in [9.17, 15) is 4.39 Å². The second-order valence-electron chi connectivity index (χ2n) is 4.32. The zero-order valence-electron chi connectivity index (χ0n) is 10.2. The Balaban J connectivity index is 1.99. The third-order valence-electron chi connectivity index (χ3n) is 2.68. The van der Waals surface area contributed by atoms with E-state index in [0.29, 0.717) is 11.5 Å². The van der Waals surface area contributed by atoms with Gasteiger partial charge < -0.3 is 11.1 Å². The lowest BCUT2D eigenvalue weighted by atomic mass is 10.1. The second kappa shape index (κ2) is 5.49. The van der Waals surface area contributed by atoms with Crippen LogP contribution < -0.4 is 11.1 Å². The zero-order chi connectivity index (χ0) is 13.0. The number of hydrogen-bond acceptors (Lipinski definition) is 3. The maximum Gasteiger partial charge on any atom is 0.149 e. The van der Waals surface area contributed by atoms with Crippen molar-refractivity contribution in [3.63, 3.8) is 0 Å². The van der Waals surface area contributed by atoms with Crippen LogP contribution in [0.3, 0.4) is 0 Å². The average Bonchev–Trinajstić information content (AvgIpc) is 2.35. The Hall–Kier alpha value is -2.10. The molecule has 0 aliphatic carbocycles. The van der Waals surface area contributed by atoms with Gasteiger partial charge in [0.2, 0.25) is 0 Å². The fourth-order valence-electron chi connectivity index (χ4n) is 1.80. The van der Waals surface area contributed by atoms with Gasteiger partial charge in [0.15, 0.2) is 0 Å². The first-order valence-electron chi connectivity index (χ1n) is 5.86. The van der Waals surface area contributed by atoms with Gasteiger partial charge in [0.1, 0.15) is 11.6 Å². The van der Waals surface area contributed by atoms with Crippen LogP contribution in [0.5, 0.6) is 0 Å². The summed E-state index contributed by atoms with van der Waals surface area (Å²) in [5.41, 5.74) is 7.51. The van der Waals surface area contributed by atoms with Crippen LogP contribution in [0.25, 0.3) is 0 Å². The molecule has 2 rings (SSSR count). The molecule has 0 amide bonds. The number of benzene rings is 1. The minimum absolute atomic E-state index is 0.174. The third kappa shape index (κ3) is 3.20. The molecule has 0 bridgehead atoms. The molecule has 0 spiro atoms. The average molecular weight is 245 g/mol. The van der Waals surface area contributed by atoms with Crippen molar-refractivity contribution in [3.8, 4) is 0 Å². The van der Waals surface area contributed by atoms with Gasteiger partial charge in [-0.2, -0.15) is 0 Å². The normalized spacial score (nSPS) is 12.1. The van der Waals surface area contributed by atoms with Crippen LogP contribution in [0.15, 0.2) is 42.6 Å². The maximum absolute atomic E-state index is 12.8. The highest BCUT2D eigenvalue weighted by Gasteiger charge is 2.06. The van der Waals surface area contributed by atoms with E-state index < -0.39 is 0 Å². The summed E-state index contributed by atoms with van der Waals surface area (Å²) >= 11 is 0.